The lowest BCUT2D eigenvalue weighted by Crippen LogP contribution is -2.43. The molecule has 4 rings (SSSR count). The first-order valence-electron chi connectivity index (χ1n) is 10.4. The molecule has 3 nitrogen and oxygen atoms in total. The highest BCUT2D eigenvalue weighted by Crippen LogP contribution is 2.49. The smallest absolute Gasteiger partial charge is 0.303 e. The number of carboxylic acid groups (broad SMARTS) is 1. The summed E-state index contributed by atoms with van der Waals surface area (Å²) in [4.78, 5) is 10.7. The summed E-state index contributed by atoms with van der Waals surface area (Å²) >= 11 is 6.37. The van der Waals surface area contributed by atoms with Crippen LogP contribution in [-0.4, -0.2) is 17.6 Å². The zero-order chi connectivity index (χ0) is 19.2. The molecule has 0 radical (unpaired) electrons. The van der Waals surface area contributed by atoms with Gasteiger partial charge in [0.25, 0.3) is 0 Å². The molecule has 2 bridgehead atoms. The Kier molecular flexibility index (Phi) is 7.37. The monoisotopic (exact) mass is 389 g/mol. The third-order valence-corrected chi connectivity index (χ3v) is 6.84. The first kappa shape index (κ1) is 20.4. The molecule has 1 aromatic rings. The van der Waals surface area contributed by atoms with Crippen molar-refractivity contribution >= 4 is 17.6 Å². The van der Waals surface area contributed by atoms with E-state index in [0.29, 0.717) is 11.8 Å². The summed E-state index contributed by atoms with van der Waals surface area (Å²) in [6, 6.07) is 6.27. The van der Waals surface area contributed by atoms with Crippen LogP contribution >= 0.6 is 11.6 Å². The van der Waals surface area contributed by atoms with E-state index in [4.69, 9.17) is 16.7 Å². The highest BCUT2D eigenvalue weighted by molar-refractivity contribution is 6.31. The van der Waals surface area contributed by atoms with E-state index in [1.165, 1.54) is 36.8 Å². The SMILES string of the molecule is Cc1ccc(CNC[C@H]2C3CCC(CC3)[C@@H]2/C=C\CCCC(=O)O)c(Cl)c1. The van der Waals surface area contributed by atoms with Crippen molar-refractivity contribution in [3.8, 4) is 0 Å². The number of halogens is 1. The minimum Gasteiger partial charge on any atom is -0.481 e. The molecule has 3 aliphatic carbocycles. The topological polar surface area (TPSA) is 49.3 Å². The number of allylic oxidation sites excluding steroid dienone is 2. The minimum atomic E-state index is -0.697. The number of aryl methyl sites for hydroxylation is 1. The van der Waals surface area contributed by atoms with Gasteiger partial charge in [-0.3, -0.25) is 4.79 Å². The average molecular weight is 390 g/mol. The number of rotatable bonds is 9. The second kappa shape index (κ2) is 9.75. The Morgan fingerprint density at radius 3 is 2.70 bits per heavy atom. The summed E-state index contributed by atoms with van der Waals surface area (Å²) in [5.74, 6) is 2.27. The molecule has 3 aliphatic rings. The van der Waals surface area contributed by atoms with E-state index in [1.807, 2.05) is 6.07 Å². The van der Waals surface area contributed by atoms with Gasteiger partial charge in [-0.15, -0.1) is 0 Å². The molecular weight excluding hydrogens is 358 g/mol. The molecule has 0 amide bonds. The van der Waals surface area contributed by atoms with Crippen molar-refractivity contribution in [2.75, 3.05) is 6.54 Å². The van der Waals surface area contributed by atoms with Crippen LogP contribution in [0, 0.1) is 30.6 Å². The maximum atomic E-state index is 10.7. The zero-order valence-corrected chi connectivity index (χ0v) is 17.0. The minimum absolute atomic E-state index is 0.267. The Balaban J connectivity index is 1.54. The predicted octanol–water partition coefficient (Wildman–Crippen LogP) is 5.60. The highest BCUT2D eigenvalue weighted by atomic mass is 35.5. The van der Waals surface area contributed by atoms with E-state index in [1.54, 1.807) is 0 Å². The van der Waals surface area contributed by atoms with Gasteiger partial charge < -0.3 is 10.4 Å². The van der Waals surface area contributed by atoms with Gasteiger partial charge in [0.05, 0.1) is 0 Å². The fourth-order valence-electron chi connectivity index (χ4n) is 5.02. The van der Waals surface area contributed by atoms with Crippen LogP contribution in [0.3, 0.4) is 0 Å². The van der Waals surface area contributed by atoms with Gasteiger partial charge in [-0.25, -0.2) is 0 Å². The number of carboxylic acids is 1. The van der Waals surface area contributed by atoms with Crippen molar-refractivity contribution in [3.05, 3.63) is 46.5 Å². The van der Waals surface area contributed by atoms with Crippen LogP contribution in [0.15, 0.2) is 30.4 Å². The summed E-state index contributed by atoms with van der Waals surface area (Å²) in [6.07, 6.45) is 12.0. The molecule has 0 unspecified atom stereocenters. The molecule has 3 fully saturated rings. The number of carbonyl (C=O) groups is 1. The Morgan fingerprint density at radius 2 is 2.00 bits per heavy atom. The molecule has 0 aliphatic heterocycles. The molecule has 0 spiro atoms. The van der Waals surface area contributed by atoms with Crippen LogP contribution in [0.2, 0.25) is 5.02 Å². The van der Waals surface area contributed by atoms with Crippen LogP contribution in [0.25, 0.3) is 0 Å². The van der Waals surface area contributed by atoms with Crippen LogP contribution in [0.5, 0.6) is 0 Å². The van der Waals surface area contributed by atoms with Crippen molar-refractivity contribution < 1.29 is 9.90 Å². The molecule has 0 saturated heterocycles. The van der Waals surface area contributed by atoms with Gasteiger partial charge >= 0.3 is 5.97 Å². The quantitative estimate of drug-likeness (QED) is 0.426. The van der Waals surface area contributed by atoms with Gasteiger partial charge in [-0.1, -0.05) is 35.9 Å². The number of hydrogen-bond acceptors (Lipinski definition) is 2. The van der Waals surface area contributed by atoms with Crippen molar-refractivity contribution in [2.24, 2.45) is 23.7 Å². The Hall–Kier alpha value is -1.32. The third-order valence-electron chi connectivity index (χ3n) is 6.48. The first-order chi connectivity index (χ1) is 13.0. The van der Waals surface area contributed by atoms with Crippen LogP contribution < -0.4 is 5.32 Å². The van der Waals surface area contributed by atoms with E-state index in [9.17, 15) is 4.79 Å². The summed E-state index contributed by atoms with van der Waals surface area (Å²) in [6.45, 7) is 3.92. The van der Waals surface area contributed by atoms with Crippen molar-refractivity contribution in [2.45, 2.75) is 58.4 Å². The summed E-state index contributed by atoms with van der Waals surface area (Å²) < 4.78 is 0. The van der Waals surface area contributed by atoms with E-state index >= 15 is 0 Å². The molecule has 2 atom stereocenters. The van der Waals surface area contributed by atoms with Gasteiger partial charge in [-0.2, -0.15) is 0 Å². The molecular formula is C23H32ClNO2. The zero-order valence-electron chi connectivity index (χ0n) is 16.3. The second-order valence-electron chi connectivity index (χ2n) is 8.36. The second-order valence-corrected chi connectivity index (χ2v) is 8.76. The van der Waals surface area contributed by atoms with Crippen molar-refractivity contribution in [3.63, 3.8) is 0 Å². The van der Waals surface area contributed by atoms with Gasteiger partial charge in [0.1, 0.15) is 0 Å². The van der Waals surface area contributed by atoms with Crippen LogP contribution in [0.4, 0.5) is 0 Å². The molecule has 0 aromatic heterocycles. The number of hydrogen-bond donors (Lipinski definition) is 2. The van der Waals surface area contributed by atoms with Gasteiger partial charge in [0.15, 0.2) is 0 Å². The molecule has 4 heteroatoms. The Labute approximate surface area is 168 Å². The number of benzene rings is 1. The third kappa shape index (κ3) is 5.58. The number of aliphatic carboxylic acids is 1. The fraction of sp³-hybridized carbons (Fsp3) is 0.609. The average Bonchev–Trinajstić information content (AvgIpc) is 2.64. The van der Waals surface area contributed by atoms with Gasteiger partial charge in [0.2, 0.25) is 0 Å². The lowest BCUT2D eigenvalue weighted by atomic mass is 9.58. The lowest BCUT2D eigenvalue weighted by Gasteiger charge is -2.48. The summed E-state index contributed by atoms with van der Waals surface area (Å²) in [7, 11) is 0. The normalized spacial score (nSPS) is 27.3. The maximum absolute atomic E-state index is 10.7. The Bertz CT molecular complexity index is 664. The van der Waals surface area contributed by atoms with E-state index in [0.717, 1.165) is 42.8 Å². The molecule has 1 aromatic carbocycles. The molecule has 0 heterocycles. The van der Waals surface area contributed by atoms with Crippen LogP contribution in [0.1, 0.15) is 56.1 Å². The molecule has 2 N–H and O–H groups in total. The van der Waals surface area contributed by atoms with Gasteiger partial charge in [-0.05, 0) is 92.9 Å². The highest BCUT2D eigenvalue weighted by Gasteiger charge is 2.41. The largest absolute Gasteiger partial charge is 0.481 e. The van der Waals surface area contributed by atoms with Crippen molar-refractivity contribution in [1.82, 2.24) is 5.32 Å². The summed E-state index contributed by atoms with van der Waals surface area (Å²) in [5.41, 5.74) is 2.37. The number of fused-ring (bicyclic) bond motifs is 3. The fourth-order valence-corrected chi connectivity index (χ4v) is 5.32. The number of unbranched alkanes of at least 4 members (excludes halogenated alkanes) is 1. The number of nitrogens with one attached hydrogen (secondary N) is 1. The van der Waals surface area contributed by atoms with Crippen molar-refractivity contribution in [1.29, 1.82) is 0 Å². The lowest BCUT2D eigenvalue weighted by molar-refractivity contribution is -0.137. The summed E-state index contributed by atoms with van der Waals surface area (Å²) in [5, 5.41) is 13.3. The van der Waals surface area contributed by atoms with Crippen LogP contribution in [-0.2, 0) is 11.3 Å². The molecule has 148 valence electrons. The molecule has 27 heavy (non-hydrogen) atoms. The van der Waals surface area contributed by atoms with E-state index in [2.05, 4.69) is 36.5 Å². The maximum Gasteiger partial charge on any atom is 0.303 e. The van der Waals surface area contributed by atoms with Gasteiger partial charge in [0, 0.05) is 18.0 Å². The van der Waals surface area contributed by atoms with E-state index < -0.39 is 5.97 Å². The molecule has 3 saturated carbocycles. The first-order valence-corrected chi connectivity index (χ1v) is 10.8. The predicted molar refractivity (Wildman–Crippen MR) is 111 cm³/mol. The van der Waals surface area contributed by atoms with E-state index in [-0.39, 0.29) is 6.42 Å². The Morgan fingerprint density at radius 1 is 1.26 bits per heavy atom. The standard InChI is InChI=1S/C23H32ClNO2/c1-16-7-8-19(22(24)13-16)14-25-15-21-18-11-9-17(10-12-18)20(21)5-3-2-4-6-23(26)27/h3,5,7-8,13,17-18,20-21,25H,2,4,6,9-12,14-15H2,1H3,(H,26,27)/b5-3-/t17?,18?,20-,21-/m0/s1.